The van der Waals surface area contributed by atoms with Crippen molar-refractivity contribution < 1.29 is 9.18 Å². The Morgan fingerprint density at radius 3 is 2.91 bits per heavy atom. The average Bonchev–Trinajstić information content (AvgIpc) is 2.87. The number of hydrogen-bond donors (Lipinski definition) is 1. The van der Waals surface area contributed by atoms with Gasteiger partial charge in [-0.1, -0.05) is 28.4 Å². The molecule has 0 aliphatic heterocycles. The van der Waals surface area contributed by atoms with Crippen molar-refractivity contribution in [1.82, 2.24) is 4.90 Å². The average molecular weight is 369 g/mol. The first kappa shape index (κ1) is 17.2. The fraction of sp³-hybridized carbons (Fsp3) is 0.471. The predicted molar refractivity (Wildman–Crippen MR) is 89.6 cm³/mol. The molecule has 0 aromatic heterocycles. The van der Waals surface area contributed by atoms with Crippen LogP contribution in [0.4, 0.5) is 4.39 Å². The van der Waals surface area contributed by atoms with Gasteiger partial charge in [0, 0.05) is 35.6 Å². The Labute approximate surface area is 139 Å². The van der Waals surface area contributed by atoms with E-state index in [1.807, 2.05) is 0 Å². The Balaban J connectivity index is 2.06. The van der Waals surface area contributed by atoms with Crippen molar-refractivity contribution in [3.8, 4) is 0 Å². The summed E-state index contributed by atoms with van der Waals surface area (Å²) in [5, 5.41) is 0. The number of carbonyl (C=O) groups excluding carboxylic acids is 1. The molecule has 5 heteroatoms. The molecule has 0 heterocycles. The van der Waals surface area contributed by atoms with Gasteiger partial charge in [0.2, 0.25) is 5.91 Å². The van der Waals surface area contributed by atoms with E-state index < -0.39 is 0 Å². The lowest BCUT2D eigenvalue weighted by atomic mass is 9.99. The van der Waals surface area contributed by atoms with Crippen LogP contribution in [0.3, 0.4) is 0 Å². The van der Waals surface area contributed by atoms with Crippen LogP contribution in [-0.4, -0.2) is 23.4 Å². The molecule has 0 radical (unpaired) electrons. The van der Waals surface area contributed by atoms with E-state index in [-0.39, 0.29) is 30.2 Å². The van der Waals surface area contributed by atoms with Crippen LogP contribution in [0.1, 0.15) is 31.2 Å². The van der Waals surface area contributed by atoms with Gasteiger partial charge in [-0.2, -0.15) is 0 Å². The van der Waals surface area contributed by atoms with Crippen molar-refractivity contribution >= 4 is 21.8 Å². The molecule has 1 aromatic carbocycles. The van der Waals surface area contributed by atoms with E-state index >= 15 is 0 Å². The Bertz CT molecular complexity index is 549. The molecule has 1 fully saturated rings. The quantitative estimate of drug-likeness (QED) is 0.779. The molecule has 0 bridgehead atoms. The molecular formula is C17H22BrFN2O. The zero-order chi connectivity index (χ0) is 16.1. The second-order valence-electron chi connectivity index (χ2n) is 5.86. The first-order valence-electron chi connectivity index (χ1n) is 7.59. The second-order valence-corrected chi connectivity index (χ2v) is 6.77. The summed E-state index contributed by atoms with van der Waals surface area (Å²) in [6, 6.07) is 4.87. The monoisotopic (exact) mass is 368 g/mol. The summed E-state index contributed by atoms with van der Waals surface area (Å²) in [7, 11) is 0. The zero-order valence-corrected chi connectivity index (χ0v) is 14.2. The highest BCUT2D eigenvalue weighted by atomic mass is 79.9. The maximum atomic E-state index is 13.9. The van der Waals surface area contributed by atoms with Gasteiger partial charge in [0.25, 0.3) is 0 Å². The third-order valence-corrected chi connectivity index (χ3v) is 4.72. The predicted octanol–water partition coefficient (Wildman–Crippen LogP) is 3.62. The summed E-state index contributed by atoms with van der Waals surface area (Å²) in [6.45, 7) is 4.35. The third-order valence-electron chi connectivity index (χ3n) is 4.23. The molecule has 0 saturated heterocycles. The molecule has 1 aliphatic carbocycles. The van der Waals surface area contributed by atoms with Gasteiger partial charge < -0.3 is 10.6 Å². The summed E-state index contributed by atoms with van der Waals surface area (Å²) in [6.07, 6.45) is 5.17. The molecule has 1 saturated carbocycles. The molecule has 2 atom stereocenters. The number of benzene rings is 1. The summed E-state index contributed by atoms with van der Waals surface area (Å²) < 4.78 is 14.7. The van der Waals surface area contributed by atoms with Crippen LogP contribution in [0.5, 0.6) is 0 Å². The lowest BCUT2D eigenvalue weighted by Gasteiger charge is -2.24. The van der Waals surface area contributed by atoms with Crippen LogP contribution in [0.15, 0.2) is 35.3 Å². The van der Waals surface area contributed by atoms with E-state index in [9.17, 15) is 9.18 Å². The number of rotatable bonds is 6. The fourth-order valence-electron chi connectivity index (χ4n) is 2.95. The van der Waals surface area contributed by atoms with Gasteiger partial charge in [0.05, 0.1) is 0 Å². The van der Waals surface area contributed by atoms with E-state index in [2.05, 4.69) is 22.5 Å². The van der Waals surface area contributed by atoms with Gasteiger partial charge in [-0.25, -0.2) is 4.39 Å². The molecule has 1 aliphatic rings. The normalized spacial score (nSPS) is 20.9. The number of carbonyl (C=O) groups is 1. The van der Waals surface area contributed by atoms with Crippen molar-refractivity contribution in [3.05, 3.63) is 46.7 Å². The van der Waals surface area contributed by atoms with E-state index in [1.54, 1.807) is 23.1 Å². The minimum Gasteiger partial charge on any atom is -0.335 e. The smallest absolute Gasteiger partial charge is 0.223 e. The van der Waals surface area contributed by atoms with Gasteiger partial charge in [-0.05, 0) is 37.0 Å². The Kier molecular flexibility index (Phi) is 6.15. The Morgan fingerprint density at radius 1 is 1.50 bits per heavy atom. The van der Waals surface area contributed by atoms with E-state index in [0.717, 1.165) is 23.7 Å². The first-order valence-corrected chi connectivity index (χ1v) is 8.38. The maximum absolute atomic E-state index is 13.9. The maximum Gasteiger partial charge on any atom is 0.223 e. The molecule has 0 unspecified atom stereocenters. The van der Waals surface area contributed by atoms with Crippen LogP contribution < -0.4 is 5.73 Å². The number of halogens is 2. The Morgan fingerprint density at radius 2 is 2.27 bits per heavy atom. The van der Waals surface area contributed by atoms with E-state index in [4.69, 9.17) is 5.73 Å². The van der Waals surface area contributed by atoms with Crippen molar-refractivity contribution in [2.45, 2.75) is 38.3 Å². The van der Waals surface area contributed by atoms with Crippen molar-refractivity contribution in [2.24, 2.45) is 11.7 Å². The highest BCUT2D eigenvalue weighted by Crippen LogP contribution is 2.28. The van der Waals surface area contributed by atoms with Gasteiger partial charge in [-0.3, -0.25) is 4.79 Å². The Hall–Kier alpha value is -1.20. The molecule has 22 heavy (non-hydrogen) atoms. The molecule has 3 nitrogen and oxygen atoms in total. The van der Waals surface area contributed by atoms with Crippen LogP contribution >= 0.6 is 15.9 Å². The van der Waals surface area contributed by atoms with Crippen LogP contribution in [0, 0.1) is 11.7 Å². The molecule has 120 valence electrons. The number of nitrogens with two attached hydrogens (primary N) is 1. The molecule has 2 rings (SSSR count). The number of amides is 1. The standard InChI is InChI=1S/C17H22BrFN2O/c1-2-8-21(11-13-9-14(18)6-7-15(13)19)17(22)10-12-4-3-5-16(12)20/h2,6-7,9,12,16H,1,3-5,8,10-11,20H2/t12-,16+/m0/s1. The van der Waals surface area contributed by atoms with Crippen molar-refractivity contribution in [2.75, 3.05) is 6.54 Å². The van der Waals surface area contributed by atoms with Crippen LogP contribution in [0.2, 0.25) is 0 Å². The minimum atomic E-state index is -0.303. The number of nitrogens with zero attached hydrogens (tertiary/aromatic N) is 1. The van der Waals surface area contributed by atoms with Crippen molar-refractivity contribution in [1.29, 1.82) is 0 Å². The minimum absolute atomic E-state index is 0.0154. The molecule has 1 aromatic rings. The zero-order valence-electron chi connectivity index (χ0n) is 12.6. The third kappa shape index (κ3) is 4.40. The highest BCUT2D eigenvalue weighted by Gasteiger charge is 2.28. The summed E-state index contributed by atoms with van der Waals surface area (Å²) in [5.74, 6) is -0.0450. The van der Waals surface area contributed by atoms with Gasteiger partial charge in [0.15, 0.2) is 0 Å². The summed E-state index contributed by atoms with van der Waals surface area (Å²) in [5.41, 5.74) is 6.54. The molecule has 0 spiro atoms. The van der Waals surface area contributed by atoms with E-state index in [0.29, 0.717) is 18.5 Å². The lowest BCUT2D eigenvalue weighted by molar-refractivity contribution is -0.132. The molecule has 2 N–H and O–H groups in total. The first-order chi connectivity index (χ1) is 10.5. The van der Waals surface area contributed by atoms with Crippen LogP contribution in [-0.2, 0) is 11.3 Å². The van der Waals surface area contributed by atoms with Gasteiger partial charge in [-0.15, -0.1) is 6.58 Å². The highest BCUT2D eigenvalue weighted by molar-refractivity contribution is 9.10. The molecular weight excluding hydrogens is 347 g/mol. The van der Waals surface area contributed by atoms with Gasteiger partial charge >= 0.3 is 0 Å². The SMILES string of the molecule is C=CCN(Cc1cc(Br)ccc1F)C(=O)C[C@@H]1CCC[C@H]1N. The van der Waals surface area contributed by atoms with E-state index in [1.165, 1.54) is 6.07 Å². The fourth-order valence-corrected chi connectivity index (χ4v) is 3.36. The summed E-state index contributed by atoms with van der Waals surface area (Å²) in [4.78, 5) is 14.2. The van der Waals surface area contributed by atoms with Crippen molar-refractivity contribution in [3.63, 3.8) is 0 Å². The second kappa shape index (κ2) is 7.88. The van der Waals surface area contributed by atoms with Gasteiger partial charge in [0.1, 0.15) is 5.82 Å². The lowest BCUT2D eigenvalue weighted by Crippen LogP contribution is -2.35. The summed E-state index contributed by atoms with van der Waals surface area (Å²) >= 11 is 3.33. The van der Waals surface area contributed by atoms with Crippen LogP contribution in [0.25, 0.3) is 0 Å². The topological polar surface area (TPSA) is 46.3 Å². The number of hydrogen-bond acceptors (Lipinski definition) is 2. The largest absolute Gasteiger partial charge is 0.335 e. The molecule has 1 amide bonds.